The minimum atomic E-state index is 0.410. The van der Waals surface area contributed by atoms with Crippen LogP contribution in [0.2, 0.25) is 0 Å². The van der Waals surface area contributed by atoms with Crippen LogP contribution in [0.15, 0.2) is 18.2 Å². The number of aryl methyl sites for hydroxylation is 1. The molecule has 0 aromatic carbocycles. The van der Waals surface area contributed by atoms with Crippen molar-refractivity contribution in [1.82, 2.24) is 9.88 Å². The maximum absolute atomic E-state index is 5.89. The third-order valence-electron chi connectivity index (χ3n) is 3.86. The highest BCUT2D eigenvalue weighted by Crippen LogP contribution is 2.16. The monoisotopic (exact) mass is 276 g/mol. The van der Waals surface area contributed by atoms with E-state index in [0.29, 0.717) is 6.10 Å². The lowest BCUT2D eigenvalue weighted by molar-refractivity contribution is -0.0363. The Labute approximate surface area is 123 Å². The molecule has 3 nitrogen and oxygen atoms in total. The minimum Gasteiger partial charge on any atom is -0.376 e. The van der Waals surface area contributed by atoms with Crippen LogP contribution in [0.1, 0.15) is 44.5 Å². The molecule has 0 radical (unpaired) electrons. The predicted octanol–water partition coefficient (Wildman–Crippen LogP) is 3.42. The summed E-state index contributed by atoms with van der Waals surface area (Å²) in [6.45, 7) is 10.5. The number of nitrogens with zero attached hydrogens (tertiary/aromatic N) is 2. The van der Waals surface area contributed by atoms with Crippen LogP contribution in [0.4, 0.5) is 0 Å². The smallest absolute Gasteiger partial charge is 0.0702 e. The van der Waals surface area contributed by atoms with E-state index in [2.05, 4.69) is 48.9 Å². The molecule has 0 bridgehead atoms. The number of hydrogen-bond acceptors (Lipinski definition) is 3. The van der Waals surface area contributed by atoms with Gasteiger partial charge in [-0.3, -0.25) is 9.88 Å². The number of pyridine rings is 1. The Morgan fingerprint density at radius 3 is 3.00 bits per heavy atom. The lowest BCUT2D eigenvalue weighted by Gasteiger charge is -2.33. The maximum Gasteiger partial charge on any atom is 0.0702 e. The molecule has 0 saturated carbocycles. The number of hydrogen-bond donors (Lipinski definition) is 0. The van der Waals surface area contributed by atoms with Gasteiger partial charge in [-0.25, -0.2) is 0 Å². The zero-order chi connectivity index (χ0) is 14.4. The minimum absolute atomic E-state index is 0.410. The maximum atomic E-state index is 5.89. The SMILES string of the molecule is Cc1cccc(CN2CCOC(CCCC(C)C)C2)n1. The van der Waals surface area contributed by atoms with E-state index >= 15 is 0 Å². The molecule has 0 amide bonds. The highest BCUT2D eigenvalue weighted by Gasteiger charge is 2.20. The van der Waals surface area contributed by atoms with Crippen molar-refractivity contribution < 1.29 is 4.74 Å². The van der Waals surface area contributed by atoms with E-state index in [1.165, 1.54) is 25.0 Å². The summed E-state index contributed by atoms with van der Waals surface area (Å²) in [7, 11) is 0. The Hall–Kier alpha value is -0.930. The Morgan fingerprint density at radius 2 is 2.25 bits per heavy atom. The Morgan fingerprint density at radius 1 is 1.40 bits per heavy atom. The lowest BCUT2D eigenvalue weighted by atomic mass is 10.0. The van der Waals surface area contributed by atoms with Crippen molar-refractivity contribution in [2.75, 3.05) is 19.7 Å². The number of ether oxygens (including phenoxy) is 1. The van der Waals surface area contributed by atoms with E-state index in [-0.39, 0.29) is 0 Å². The molecule has 112 valence electrons. The predicted molar refractivity (Wildman–Crippen MR) is 82.7 cm³/mol. The van der Waals surface area contributed by atoms with Gasteiger partial charge in [0.1, 0.15) is 0 Å². The number of rotatable bonds is 6. The van der Waals surface area contributed by atoms with Crippen molar-refractivity contribution in [1.29, 1.82) is 0 Å². The van der Waals surface area contributed by atoms with E-state index in [1.54, 1.807) is 0 Å². The normalized spacial score (nSPS) is 20.5. The molecule has 0 aliphatic carbocycles. The average Bonchev–Trinajstić information content (AvgIpc) is 2.39. The molecule has 0 spiro atoms. The highest BCUT2D eigenvalue weighted by molar-refractivity contribution is 5.09. The first-order valence-corrected chi connectivity index (χ1v) is 7.90. The van der Waals surface area contributed by atoms with Crippen molar-refractivity contribution in [3.8, 4) is 0 Å². The zero-order valence-electron chi connectivity index (χ0n) is 13.1. The molecule has 20 heavy (non-hydrogen) atoms. The Kier molecular flexibility index (Phi) is 5.99. The molecule has 1 aliphatic heterocycles. The number of aromatic nitrogens is 1. The second-order valence-corrected chi connectivity index (χ2v) is 6.32. The number of morpholine rings is 1. The second kappa shape index (κ2) is 7.75. The van der Waals surface area contributed by atoms with Gasteiger partial charge in [-0.15, -0.1) is 0 Å². The fourth-order valence-corrected chi connectivity index (χ4v) is 2.77. The van der Waals surface area contributed by atoms with Gasteiger partial charge in [0.2, 0.25) is 0 Å². The van der Waals surface area contributed by atoms with Crippen molar-refractivity contribution in [3.05, 3.63) is 29.6 Å². The van der Waals surface area contributed by atoms with Crippen LogP contribution in [0.25, 0.3) is 0 Å². The Balaban J connectivity index is 1.78. The average molecular weight is 276 g/mol. The molecule has 1 aromatic heterocycles. The summed E-state index contributed by atoms with van der Waals surface area (Å²) >= 11 is 0. The van der Waals surface area contributed by atoms with Crippen LogP contribution in [-0.4, -0.2) is 35.7 Å². The van der Waals surface area contributed by atoms with Gasteiger partial charge in [-0.2, -0.15) is 0 Å². The quantitative estimate of drug-likeness (QED) is 0.796. The third kappa shape index (κ3) is 5.22. The zero-order valence-corrected chi connectivity index (χ0v) is 13.1. The van der Waals surface area contributed by atoms with E-state index in [1.807, 2.05) is 0 Å². The summed E-state index contributed by atoms with van der Waals surface area (Å²) in [6, 6.07) is 6.27. The molecule has 3 heteroatoms. The third-order valence-corrected chi connectivity index (χ3v) is 3.86. The van der Waals surface area contributed by atoms with Gasteiger partial charge in [0.25, 0.3) is 0 Å². The van der Waals surface area contributed by atoms with Gasteiger partial charge in [-0.1, -0.05) is 32.8 Å². The second-order valence-electron chi connectivity index (χ2n) is 6.32. The van der Waals surface area contributed by atoms with E-state index in [4.69, 9.17) is 4.74 Å². The van der Waals surface area contributed by atoms with Crippen LogP contribution in [0.5, 0.6) is 0 Å². The molecule has 1 saturated heterocycles. The molecule has 1 atom stereocenters. The van der Waals surface area contributed by atoms with Crippen molar-refractivity contribution >= 4 is 0 Å². The molecule has 1 unspecified atom stereocenters. The first-order valence-electron chi connectivity index (χ1n) is 7.90. The summed E-state index contributed by atoms with van der Waals surface area (Å²) in [5, 5.41) is 0. The standard InChI is InChI=1S/C17H28N2O/c1-14(2)6-4-9-17-13-19(10-11-20-17)12-16-8-5-7-15(3)18-16/h5,7-8,14,17H,4,6,9-13H2,1-3H3. The van der Waals surface area contributed by atoms with Crippen LogP contribution in [0, 0.1) is 12.8 Å². The molecule has 1 fully saturated rings. The van der Waals surface area contributed by atoms with E-state index < -0.39 is 0 Å². The fourth-order valence-electron chi connectivity index (χ4n) is 2.77. The first kappa shape index (κ1) is 15.5. The van der Waals surface area contributed by atoms with Crippen molar-refractivity contribution in [2.45, 2.75) is 52.7 Å². The van der Waals surface area contributed by atoms with Crippen molar-refractivity contribution in [2.24, 2.45) is 5.92 Å². The lowest BCUT2D eigenvalue weighted by Crippen LogP contribution is -2.42. The molecule has 2 rings (SSSR count). The summed E-state index contributed by atoms with van der Waals surface area (Å²) in [4.78, 5) is 7.07. The largest absolute Gasteiger partial charge is 0.376 e. The van der Waals surface area contributed by atoms with Crippen molar-refractivity contribution in [3.63, 3.8) is 0 Å². The van der Waals surface area contributed by atoms with Gasteiger partial charge in [0, 0.05) is 25.3 Å². The molecular formula is C17H28N2O. The topological polar surface area (TPSA) is 25.4 Å². The molecule has 1 aliphatic rings. The van der Waals surface area contributed by atoms with Crippen LogP contribution in [-0.2, 0) is 11.3 Å². The van der Waals surface area contributed by atoms with Crippen LogP contribution in [0.3, 0.4) is 0 Å². The molecule has 1 aromatic rings. The summed E-state index contributed by atoms with van der Waals surface area (Å²) in [5.74, 6) is 0.797. The molecule has 0 N–H and O–H groups in total. The van der Waals surface area contributed by atoms with Gasteiger partial charge in [-0.05, 0) is 31.4 Å². The van der Waals surface area contributed by atoms with Crippen LogP contribution >= 0.6 is 0 Å². The van der Waals surface area contributed by atoms with Gasteiger partial charge in [0.05, 0.1) is 18.4 Å². The van der Waals surface area contributed by atoms with Gasteiger partial charge in [0.15, 0.2) is 0 Å². The fraction of sp³-hybridized carbons (Fsp3) is 0.706. The summed E-state index contributed by atoms with van der Waals surface area (Å²) in [5.41, 5.74) is 2.28. The first-order chi connectivity index (χ1) is 9.63. The molecular weight excluding hydrogens is 248 g/mol. The van der Waals surface area contributed by atoms with Crippen LogP contribution < -0.4 is 0 Å². The van der Waals surface area contributed by atoms with E-state index in [0.717, 1.165) is 37.9 Å². The summed E-state index contributed by atoms with van der Waals surface area (Å²) in [6.07, 6.45) is 4.18. The van der Waals surface area contributed by atoms with E-state index in [9.17, 15) is 0 Å². The Bertz CT molecular complexity index is 406. The van der Waals surface area contributed by atoms with Gasteiger partial charge < -0.3 is 4.74 Å². The highest BCUT2D eigenvalue weighted by atomic mass is 16.5. The molecule has 2 heterocycles. The van der Waals surface area contributed by atoms with Gasteiger partial charge >= 0.3 is 0 Å². The summed E-state index contributed by atoms with van der Waals surface area (Å²) < 4.78 is 5.89.